The smallest absolute Gasteiger partial charge is 0.306 e. The molecule has 2 rings (SSSR count). The highest BCUT2D eigenvalue weighted by Crippen LogP contribution is 2.31. The molecule has 2 unspecified atom stereocenters. The number of aromatic hydroxyl groups is 1. The van der Waals surface area contributed by atoms with Crippen molar-refractivity contribution in [2.45, 2.75) is 19.3 Å². The molecule has 0 aromatic heterocycles. The lowest BCUT2D eigenvalue weighted by Gasteiger charge is -2.12. The molecule has 4 heteroatoms. The third kappa shape index (κ3) is 3.12. The molecule has 92 valence electrons. The molecule has 0 aliphatic heterocycles. The highest BCUT2D eigenvalue weighted by Gasteiger charge is 2.29. The average molecular weight is 235 g/mol. The van der Waals surface area contributed by atoms with Crippen LogP contribution in [0.2, 0.25) is 0 Å². The number of aliphatic carboxylic acids is 1. The van der Waals surface area contributed by atoms with Gasteiger partial charge in [0.15, 0.2) is 0 Å². The second-order valence-electron chi connectivity index (χ2n) is 4.65. The maximum Gasteiger partial charge on any atom is 0.306 e. The van der Waals surface area contributed by atoms with Crippen LogP contribution in [0, 0.1) is 11.8 Å². The molecule has 0 heterocycles. The van der Waals surface area contributed by atoms with Crippen LogP contribution in [-0.4, -0.2) is 22.7 Å². The number of phenols is 1. The van der Waals surface area contributed by atoms with Crippen LogP contribution >= 0.6 is 0 Å². The molecule has 0 saturated heterocycles. The van der Waals surface area contributed by atoms with E-state index in [0.29, 0.717) is 5.92 Å². The minimum Gasteiger partial charge on any atom is -0.508 e. The van der Waals surface area contributed by atoms with E-state index in [9.17, 15) is 9.90 Å². The normalized spacial score (nSPS) is 23.5. The van der Waals surface area contributed by atoms with Gasteiger partial charge in [-0.2, -0.15) is 0 Å². The van der Waals surface area contributed by atoms with Crippen molar-refractivity contribution >= 4 is 11.7 Å². The van der Waals surface area contributed by atoms with Crippen molar-refractivity contribution in [1.82, 2.24) is 0 Å². The Morgan fingerprint density at radius 3 is 2.88 bits per heavy atom. The SMILES string of the molecule is O=C(O)C1CCC(CNc2cccc(O)c2)C1. The fourth-order valence-corrected chi connectivity index (χ4v) is 2.36. The molecule has 0 bridgehead atoms. The molecule has 1 aliphatic carbocycles. The number of carboxylic acids is 1. The van der Waals surface area contributed by atoms with Crippen LogP contribution < -0.4 is 5.32 Å². The van der Waals surface area contributed by atoms with E-state index < -0.39 is 5.97 Å². The van der Waals surface area contributed by atoms with Crippen LogP contribution in [0.4, 0.5) is 5.69 Å². The van der Waals surface area contributed by atoms with Crippen LogP contribution in [0.1, 0.15) is 19.3 Å². The largest absolute Gasteiger partial charge is 0.508 e. The van der Waals surface area contributed by atoms with E-state index in [0.717, 1.165) is 31.5 Å². The van der Waals surface area contributed by atoms with E-state index in [1.807, 2.05) is 6.07 Å². The van der Waals surface area contributed by atoms with E-state index >= 15 is 0 Å². The summed E-state index contributed by atoms with van der Waals surface area (Å²) in [5.41, 5.74) is 0.878. The predicted molar refractivity (Wildman–Crippen MR) is 65.1 cm³/mol. The summed E-state index contributed by atoms with van der Waals surface area (Å²) in [4.78, 5) is 10.8. The van der Waals surface area contributed by atoms with Crippen LogP contribution in [0.25, 0.3) is 0 Å². The highest BCUT2D eigenvalue weighted by molar-refractivity contribution is 5.70. The second-order valence-corrected chi connectivity index (χ2v) is 4.65. The number of hydrogen-bond acceptors (Lipinski definition) is 3. The van der Waals surface area contributed by atoms with Crippen molar-refractivity contribution in [3.05, 3.63) is 24.3 Å². The zero-order valence-corrected chi connectivity index (χ0v) is 9.60. The topological polar surface area (TPSA) is 69.6 Å². The van der Waals surface area contributed by atoms with Crippen LogP contribution in [0.3, 0.4) is 0 Å². The quantitative estimate of drug-likeness (QED) is 0.749. The molecule has 1 aromatic carbocycles. The third-order valence-electron chi connectivity index (χ3n) is 3.33. The molecule has 1 fully saturated rings. The summed E-state index contributed by atoms with van der Waals surface area (Å²) in [6.45, 7) is 0.771. The fraction of sp³-hybridized carbons (Fsp3) is 0.462. The van der Waals surface area contributed by atoms with Gasteiger partial charge in [0.05, 0.1) is 5.92 Å². The van der Waals surface area contributed by atoms with Crippen molar-refractivity contribution < 1.29 is 15.0 Å². The molecule has 0 spiro atoms. The first-order chi connectivity index (χ1) is 8.15. The lowest BCUT2D eigenvalue weighted by molar-refractivity contribution is -0.141. The number of nitrogens with one attached hydrogen (secondary N) is 1. The molecule has 1 aromatic rings. The van der Waals surface area contributed by atoms with Gasteiger partial charge in [-0.25, -0.2) is 0 Å². The first-order valence-corrected chi connectivity index (χ1v) is 5.91. The Balaban J connectivity index is 1.82. The lowest BCUT2D eigenvalue weighted by atomic mass is 10.1. The highest BCUT2D eigenvalue weighted by atomic mass is 16.4. The Bertz CT molecular complexity index is 405. The monoisotopic (exact) mass is 235 g/mol. The molecule has 17 heavy (non-hydrogen) atoms. The van der Waals surface area contributed by atoms with Gasteiger partial charge in [0, 0.05) is 18.3 Å². The molecule has 0 amide bonds. The molecule has 4 nitrogen and oxygen atoms in total. The predicted octanol–water partition coefficient (Wildman–Crippen LogP) is 2.30. The summed E-state index contributed by atoms with van der Waals surface area (Å²) in [6, 6.07) is 6.97. The first-order valence-electron chi connectivity index (χ1n) is 5.91. The number of phenolic OH excluding ortho intramolecular Hbond substituents is 1. The molecule has 2 atom stereocenters. The Hall–Kier alpha value is -1.71. The minimum atomic E-state index is -0.676. The van der Waals surface area contributed by atoms with Gasteiger partial charge in [-0.05, 0) is 37.3 Å². The van der Waals surface area contributed by atoms with Gasteiger partial charge in [0.2, 0.25) is 0 Å². The number of hydrogen-bond donors (Lipinski definition) is 3. The van der Waals surface area contributed by atoms with Gasteiger partial charge in [-0.15, -0.1) is 0 Å². The summed E-state index contributed by atoms with van der Waals surface area (Å²) in [5.74, 6) is -0.195. The van der Waals surface area contributed by atoms with Crippen LogP contribution in [0.5, 0.6) is 5.75 Å². The standard InChI is InChI=1S/C13H17NO3/c15-12-3-1-2-11(7-12)14-8-9-4-5-10(6-9)13(16)17/h1-3,7,9-10,14-15H,4-6,8H2,(H,16,17). The number of carbonyl (C=O) groups is 1. The van der Waals surface area contributed by atoms with Gasteiger partial charge >= 0.3 is 5.97 Å². The average Bonchev–Trinajstić information content (AvgIpc) is 2.75. The summed E-state index contributed by atoms with van der Waals surface area (Å²) in [7, 11) is 0. The zero-order valence-electron chi connectivity index (χ0n) is 9.60. The van der Waals surface area contributed by atoms with Gasteiger partial charge in [0.1, 0.15) is 5.75 Å². The third-order valence-corrected chi connectivity index (χ3v) is 3.33. The first kappa shape index (κ1) is 11.8. The van der Waals surface area contributed by atoms with E-state index in [1.165, 1.54) is 0 Å². The fourth-order valence-electron chi connectivity index (χ4n) is 2.36. The summed E-state index contributed by atoms with van der Waals surface area (Å²) in [6.07, 6.45) is 2.49. The van der Waals surface area contributed by atoms with Gasteiger partial charge in [-0.3, -0.25) is 4.79 Å². The van der Waals surface area contributed by atoms with E-state index in [4.69, 9.17) is 5.11 Å². The molecular formula is C13H17NO3. The number of anilines is 1. The van der Waals surface area contributed by atoms with Gasteiger partial charge in [-0.1, -0.05) is 6.07 Å². The summed E-state index contributed by atoms with van der Waals surface area (Å²) in [5, 5.41) is 21.4. The molecule has 1 saturated carbocycles. The Kier molecular flexibility index (Phi) is 3.52. The molecular weight excluding hydrogens is 218 g/mol. The van der Waals surface area contributed by atoms with E-state index in [2.05, 4.69) is 5.32 Å². The maximum atomic E-state index is 10.8. The van der Waals surface area contributed by atoms with Gasteiger partial charge in [0.25, 0.3) is 0 Å². The van der Waals surface area contributed by atoms with Crippen LogP contribution in [0.15, 0.2) is 24.3 Å². The van der Waals surface area contributed by atoms with Crippen LogP contribution in [-0.2, 0) is 4.79 Å². The van der Waals surface area contributed by atoms with Crippen molar-refractivity contribution in [3.63, 3.8) is 0 Å². The van der Waals surface area contributed by atoms with Crippen molar-refractivity contribution in [3.8, 4) is 5.75 Å². The number of benzene rings is 1. The van der Waals surface area contributed by atoms with E-state index in [1.54, 1.807) is 18.2 Å². The Morgan fingerprint density at radius 1 is 1.41 bits per heavy atom. The van der Waals surface area contributed by atoms with Crippen molar-refractivity contribution in [2.24, 2.45) is 11.8 Å². The zero-order chi connectivity index (χ0) is 12.3. The summed E-state index contributed by atoms with van der Waals surface area (Å²) < 4.78 is 0. The second kappa shape index (κ2) is 5.08. The van der Waals surface area contributed by atoms with Crippen molar-refractivity contribution in [1.29, 1.82) is 0 Å². The molecule has 0 radical (unpaired) electrons. The Morgan fingerprint density at radius 2 is 2.24 bits per heavy atom. The number of rotatable bonds is 4. The minimum absolute atomic E-state index is 0.175. The maximum absolute atomic E-state index is 10.8. The van der Waals surface area contributed by atoms with Crippen molar-refractivity contribution in [2.75, 3.05) is 11.9 Å². The lowest BCUT2D eigenvalue weighted by Crippen LogP contribution is -2.14. The van der Waals surface area contributed by atoms with E-state index in [-0.39, 0.29) is 11.7 Å². The Labute approximate surface area is 100 Å². The number of carboxylic acid groups (broad SMARTS) is 1. The molecule has 3 N–H and O–H groups in total. The van der Waals surface area contributed by atoms with Gasteiger partial charge < -0.3 is 15.5 Å². The molecule has 1 aliphatic rings. The summed E-state index contributed by atoms with van der Waals surface area (Å²) >= 11 is 0.